The van der Waals surface area contributed by atoms with E-state index >= 15 is 0 Å². The Hall–Kier alpha value is -1.10. The van der Waals surface area contributed by atoms with Crippen molar-refractivity contribution in [2.75, 3.05) is 6.54 Å². The Balaban J connectivity index is 3.44. The molecule has 0 aliphatic rings. The molecule has 0 rings (SSSR count). The Bertz CT molecular complexity index is 182. The lowest BCUT2D eigenvalue weighted by Gasteiger charge is -2.06. The number of carbonyl (C=O) groups excluding carboxylic acids is 1. The number of carboxylic acid groups (broad SMARTS) is 1. The van der Waals surface area contributed by atoms with Crippen LogP contribution in [-0.2, 0) is 9.59 Å². The summed E-state index contributed by atoms with van der Waals surface area (Å²) in [7, 11) is 0. The number of nitrogens with two attached hydrogens (primary N) is 1. The van der Waals surface area contributed by atoms with Gasteiger partial charge in [0.1, 0.15) is 6.04 Å². The molecule has 1 atom stereocenters. The summed E-state index contributed by atoms with van der Waals surface area (Å²) in [5.41, 5.74) is 5.23. The fourth-order valence-electron chi connectivity index (χ4n) is 0.806. The van der Waals surface area contributed by atoms with Gasteiger partial charge in [-0.15, -0.1) is 0 Å². The smallest absolute Gasteiger partial charge is 0.320 e. The van der Waals surface area contributed by atoms with Gasteiger partial charge in [0.05, 0.1) is 0 Å². The first-order valence-electron chi connectivity index (χ1n) is 4.33. The van der Waals surface area contributed by atoms with Crippen molar-refractivity contribution >= 4 is 11.9 Å². The van der Waals surface area contributed by atoms with E-state index in [-0.39, 0.29) is 12.3 Å². The number of carbonyl (C=O) groups is 2. The molecule has 0 radical (unpaired) electrons. The Labute approximate surface area is 77.3 Å². The van der Waals surface area contributed by atoms with Crippen molar-refractivity contribution in [1.82, 2.24) is 5.32 Å². The molecule has 0 aromatic rings. The molecule has 0 spiro atoms. The molecule has 0 saturated heterocycles. The predicted molar refractivity (Wildman–Crippen MR) is 48.1 cm³/mol. The van der Waals surface area contributed by atoms with E-state index in [1.807, 2.05) is 6.92 Å². The average Bonchev–Trinajstić information content (AvgIpc) is 2.04. The minimum Gasteiger partial charge on any atom is -0.480 e. The number of rotatable bonds is 6. The molecule has 0 aliphatic heterocycles. The van der Waals surface area contributed by atoms with Crippen LogP contribution in [0, 0.1) is 0 Å². The first kappa shape index (κ1) is 11.9. The Morgan fingerprint density at radius 3 is 2.62 bits per heavy atom. The summed E-state index contributed by atoms with van der Waals surface area (Å²) in [6, 6.07) is -0.887. The molecule has 0 bridgehead atoms. The third-order valence-electron chi connectivity index (χ3n) is 1.57. The molecule has 5 heteroatoms. The van der Waals surface area contributed by atoms with Crippen molar-refractivity contribution in [3.05, 3.63) is 0 Å². The summed E-state index contributed by atoms with van der Waals surface area (Å²) in [6.07, 6.45) is 1.53. The zero-order valence-corrected chi connectivity index (χ0v) is 7.75. The van der Waals surface area contributed by atoms with Crippen LogP contribution < -0.4 is 11.1 Å². The lowest BCUT2D eigenvalue weighted by Crippen LogP contribution is -2.35. The van der Waals surface area contributed by atoms with Crippen LogP contribution >= 0.6 is 0 Å². The van der Waals surface area contributed by atoms with Gasteiger partial charge in [-0.1, -0.05) is 6.92 Å². The molecule has 0 unspecified atom stereocenters. The van der Waals surface area contributed by atoms with Gasteiger partial charge in [-0.2, -0.15) is 0 Å². The predicted octanol–water partition coefficient (Wildman–Crippen LogP) is -0.295. The van der Waals surface area contributed by atoms with Crippen molar-refractivity contribution in [3.63, 3.8) is 0 Å². The third kappa shape index (κ3) is 6.10. The minimum absolute atomic E-state index is 0.0555. The van der Waals surface area contributed by atoms with E-state index < -0.39 is 12.0 Å². The summed E-state index contributed by atoms with van der Waals surface area (Å²) < 4.78 is 0. The second-order valence-electron chi connectivity index (χ2n) is 2.83. The summed E-state index contributed by atoms with van der Waals surface area (Å²) in [4.78, 5) is 21.2. The van der Waals surface area contributed by atoms with Crippen LogP contribution in [0.4, 0.5) is 0 Å². The maximum atomic E-state index is 10.9. The summed E-state index contributed by atoms with van der Waals surface area (Å²) in [5, 5.41) is 11.0. The van der Waals surface area contributed by atoms with Gasteiger partial charge in [-0.25, -0.2) is 0 Å². The van der Waals surface area contributed by atoms with Gasteiger partial charge in [0, 0.05) is 13.0 Å². The van der Waals surface area contributed by atoms with E-state index in [9.17, 15) is 9.59 Å². The lowest BCUT2D eigenvalue weighted by atomic mass is 10.2. The molecule has 1 amide bonds. The molecular formula is C8H16N2O3. The monoisotopic (exact) mass is 188 g/mol. The fourth-order valence-corrected chi connectivity index (χ4v) is 0.806. The molecule has 4 N–H and O–H groups in total. The highest BCUT2D eigenvalue weighted by Crippen LogP contribution is 1.88. The lowest BCUT2D eigenvalue weighted by molar-refractivity contribution is -0.138. The average molecular weight is 188 g/mol. The zero-order valence-electron chi connectivity index (χ0n) is 7.75. The van der Waals surface area contributed by atoms with Crippen LogP contribution in [0.2, 0.25) is 0 Å². The summed E-state index contributed by atoms with van der Waals surface area (Å²) in [5.74, 6) is -1.09. The largest absolute Gasteiger partial charge is 0.480 e. The standard InChI is InChI=1S/C8H16N2O3/c1-2-3-7(11)10-5-4-6(9)8(12)13/h6H,2-5,9H2,1H3,(H,10,11)(H,12,13)/t6-/m0/s1. The zero-order chi connectivity index (χ0) is 10.3. The summed E-state index contributed by atoms with van der Waals surface area (Å²) >= 11 is 0. The molecule has 76 valence electrons. The molecule has 0 aromatic carbocycles. The van der Waals surface area contributed by atoms with Crippen LogP contribution in [0.1, 0.15) is 26.2 Å². The van der Waals surface area contributed by atoms with Crippen LogP contribution in [-0.4, -0.2) is 29.6 Å². The van der Waals surface area contributed by atoms with Gasteiger partial charge >= 0.3 is 5.97 Å². The second kappa shape index (κ2) is 6.42. The van der Waals surface area contributed by atoms with Gasteiger partial charge in [0.2, 0.25) is 5.91 Å². The van der Waals surface area contributed by atoms with E-state index in [1.54, 1.807) is 0 Å². The highest BCUT2D eigenvalue weighted by Gasteiger charge is 2.10. The van der Waals surface area contributed by atoms with Crippen molar-refractivity contribution in [2.45, 2.75) is 32.2 Å². The summed E-state index contributed by atoms with van der Waals surface area (Å²) in [6.45, 7) is 2.23. The number of aliphatic carboxylic acids is 1. The normalized spacial score (nSPS) is 12.2. The molecule has 0 aliphatic carbocycles. The van der Waals surface area contributed by atoms with E-state index in [4.69, 9.17) is 10.8 Å². The van der Waals surface area contributed by atoms with Crippen LogP contribution in [0.15, 0.2) is 0 Å². The Morgan fingerprint density at radius 1 is 1.54 bits per heavy atom. The van der Waals surface area contributed by atoms with Crippen LogP contribution in [0.3, 0.4) is 0 Å². The van der Waals surface area contributed by atoms with Crippen LogP contribution in [0.25, 0.3) is 0 Å². The van der Waals surface area contributed by atoms with E-state index in [0.29, 0.717) is 13.0 Å². The first-order chi connectivity index (χ1) is 6.07. The van der Waals surface area contributed by atoms with Gasteiger partial charge in [0.25, 0.3) is 0 Å². The maximum absolute atomic E-state index is 10.9. The molecular weight excluding hydrogens is 172 g/mol. The van der Waals surface area contributed by atoms with Gasteiger partial charge in [-0.3, -0.25) is 9.59 Å². The van der Waals surface area contributed by atoms with Crippen LogP contribution in [0.5, 0.6) is 0 Å². The van der Waals surface area contributed by atoms with E-state index in [0.717, 1.165) is 6.42 Å². The molecule has 0 heterocycles. The molecule has 5 nitrogen and oxygen atoms in total. The first-order valence-corrected chi connectivity index (χ1v) is 4.33. The van der Waals surface area contributed by atoms with Gasteiger partial charge < -0.3 is 16.2 Å². The van der Waals surface area contributed by atoms with Crippen molar-refractivity contribution in [1.29, 1.82) is 0 Å². The fraction of sp³-hybridized carbons (Fsp3) is 0.750. The maximum Gasteiger partial charge on any atom is 0.320 e. The Kier molecular flexibility index (Phi) is 5.88. The van der Waals surface area contributed by atoms with Crippen molar-refractivity contribution in [2.24, 2.45) is 5.73 Å². The number of hydrogen-bond acceptors (Lipinski definition) is 3. The minimum atomic E-state index is -1.04. The van der Waals surface area contributed by atoms with E-state index in [1.165, 1.54) is 0 Å². The number of carboxylic acids is 1. The third-order valence-corrected chi connectivity index (χ3v) is 1.57. The highest BCUT2D eigenvalue weighted by atomic mass is 16.4. The number of hydrogen-bond donors (Lipinski definition) is 3. The molecule has 0 fully saturated rings. The number of amides is 1. The molecule has 0 saturated carbocycles. The van der Waals surface area contributed by atoms with Crippen molar-refractivity contribution < 1.29 is 14.7 Å². The quantitative estimate of drug-likeness (QED) is 0.533. The van der Waals surface area contributed by atoms with Gasteiger partial charge in [0.15, 0.2) is 0 Å². The Morgan fingerprint density at radius 2 is 2.15 bits per heavy atom. The topological polar surface area (TPSA) is 92.4 Å². The van der Waals surface area contributed by atoms with Gasteiger partial charge in [-0.05, 0) is 12.8 Å². The number of nitrogens with one attached hydrogen (secondary N) is 1. The molecule has 13 heavy (non-hydrogen) atoms. The van der Waals surface area contributed by atoms with Crippen molar-refractivity contribution in [3.8, 4) is 0 Å². The molecule has 0 aromatic heterocycles. The highest BCUT2D eigenvalue weighted by molar-refractivity contribution is 5.76. The SMILES string of the molecule is CCCC(=O)NCC[C@H](N)C(=O)O. The second-order valence-corrected chi connectivity index (χ2v) is 2.83. The van der Waals surface area contributed by atoms with E-state index in [2.05, 4.69) is 5.32 Å².